The van der Waals surface area contributed by atoms with Gasteiger partial charge >= 0.3 is 5.63 Å². The van der Waals surface area contributed by atoms with Crippen LogP contribution in [0.2, 0.25) is 0 Å². The largest absolute Gasteiger partial charge is 0.484 e. The second-order valence-corrected chi connectivity index (χ2v) is 6.96. The minimum atomic E-state index is -0.427. The molecule has 0 saturated carbocycles. The van der Waals surface area contributed by atoms with Crippen molar-refractivity contribution in [2.75, 3.05) is 6.61 Å². The van der Waals surface area contributed by atoms with E-state index < -0.39 is 5.63 Å². The molecule has 3 aromatic carbocycles. The van der Waals surface area contributed by atoms with Crippen molar-refractivity contribution in [3.63, 3.8) is 0 Å². The molecule has 5 nitrogen and oxygen atoms in total. The molecule has 4 rings (SSSR count). The Labute approximate surface area is 173 Å². The van der Waals surface area contributed by atoms with Crippen molar-refractivity contribution in [1.82, 2.24) is 5.32 Å². The zero-order chi connectivity index (χ0) is 20.8. The van der Waals surface area contributed by atoms with Gasteiger partial charge in [0.2, 0.25) is 0 Å². The highest BCUT2D eigenvalue weighted by Gasteiger charge is 2.16. The molecular weight excluding hydrogens is 378 g/mol. The Hall–Kier alpha value is -3.86. The second kappa shape index (κ2) is 9.09. The van der Waals surface area contributed by atoms with Crippen LogP contribution in [0.15, 0.2) is 100 Å². The molecular formula is C25H21NO4. The predicted molar refractivity (Wildman–Crippen MR) is 115 cm³/mol. The molecule has 150 valence electrons. The molecule has 1 N–H and O–H groups in total. The lowest BCUT2D eigenvalue weighted by Crippen LogP contribution is -2.33. The molecule has 0 aliphatic heterocycles. The number of carbonyl (C=O) groups excluding carboxylic acids is 1. The Morgan fingerprint density at radius 3 is 2.37 bits per heavy atom. The molecule has 1 amide bonds. The normalized spacial score (nSPS) is 11.7. The fourth-order valence-corrected chi connectivity index (χ4v) is 3.30. The van der Waals surface area contributed by atoms with Gasteiger partial charge in [-0.2, -0.15) is 0 Å². The molecule has 1 unspecified atom stereocenters. The third kappa shape index (κ3) is 4.94. The lowest BCUT2D eigenvalue weighted by atomic mass is 9.99. The van der Waals surface area contributed by atoms with Crippen molar-refractivity contribution in [3.8, 4) is 5.75 Å². The number of carbonyl (C=O) groups is 1. The van der Waals surface area contributed by atoms with Crippen molar-refractivity contribution in [1.29, 1.82) is 0 Å². The first-order valence-electron chi connectivity index (χ1n) is 9.72. The van der Waals surface area contributed by atoms with Gasteiger partial charge < -0.3 is 14.5 Å². The van der Waals surface area contributed by atoms with Crippen LogP contribution in [-0.4, -0.2) is 12.5 Å². The van der Waals surface area contributed by atoms with Gasteiger partial charge in [0, 0.05) is 17.5 Å². The third-order valence-electron chi connectivity index (χ3n) is 4.78. The van der Waals surface area contributed by atoms with E-state index in [1.54, 1.807) is 24.3 Å². The predicted octanol–water partition coefficient (Wildman–Crippen LogP) is 4.27. The molecule has 0 bridgehead atoms. The van der Waals surface area contributed by atoms with Crippen molar-refractivity contribution in [2.24, 2.45) is 0 Å². The van der Waals surface area contributed by atoms with Crippen molar-refractivity contribution in [3.05, 3.63) is 113 Å². The van der Waals surface area contributed by atoms with Gasteiger partial charge in [0.25, 0.3) is 5.91 Å². The van der Waals surface area contributed by atoms with Crippen LogP contribution < -0.4 is 15.7 Å². The molecule has 0 aliphatic rings. The summed E-state index contributed by atoms with van der Waals surface area (Å²) in [6.07, 6.45) is 0.678. The van der Waals surface area contributed by atoms with E-state index in [0.29, 0.717) is 17.8 Å². The maximum atomic E-state index is 12.6. The first-order chi connectivity index (χ1) is 14.7. The van der Waals surface area contributed by atoms with Crippen LogP contribution in [-0.2, 0) is 11.2 Å². The molecule has 0 radical (unpaired) electrons. The number of benzene rings is 3. The monoisotopic (exact) mass is 399 g/mol. The summed E-state index contributed by atoms with van der Waals surface area (Å²) in [5, 5.41) is 3.85. The lowest BCUT2D eigenvalue weighted by Gasteiger charge is -2.20. The standard InChI is InChI=1S/C25H21NO4/c27-24(17-29-21-13-11-20-12-14-25(28)30-23(20)16-21)26-22(19-9-5-2-6-10-19)15-18-7-3-1-4-8-18/h1-14,16,22H,15,17H2,(H,26,27). The van der Waals surface area contributed by atoms with Crippen LogP contribution in [0.25, 0.3) is 11.0 Å². The highest BCUT2D eigenvalue weighted by atomic mass is 16.5. The van der Waals surface area contributed by atoms with E-state index in [-0.39, 0.29) is 18.6 Å². The van der Waals surface area contributed by atoms with Crippen LogP contribution in [0, 0.1) is 0 Å². The van der Waals surface area contributed by atoms with Crippen LogP contribution in [0.4, 0.5) is 0 Å². The molecule has 1 heterocycles. The topological polar surface area (TPSA) is 68.5 Å². The van der Waals surface area contributed by atoms with E-state index in [1.807, 2.05) is 60.7 Å². The van der Waals surface area contributed by atoms with Crippen LogP contribution in [0.3, 0.4) is 0 Å². The van der Waals surface area contributed by atoms with Crippen molar-refractivity contribution >= 4 is 16.9 Å². The van der Waals surface area contributed by atoms with E-state index in [9.17, 15) is 9.59 Å². The van der Waals surface area contributed by atoms with Gasteiger partial charge in [0.05, 0.1) is 6.04 Å². The molecule has 30 heavy (non-hydrogen) atoms. The number of rotatable bonds is 7. The molecule has 4 aromatic rings. The first-order valence-corrected chi connectivity index (χ1v) is 9.72. The molecule has 0 saturated heterocycles. The second-order valence-electron chi connectivity index (χ2n) is 6.96. The Morgan fingerprint density at radius 2 is 1.60 bits per heavy atom. The summed E-state index contributed by atoms with van der Waals surface area (Å²) >= 11 is 0. The van der Waals surface area contributed by atoms with Crippen molar-refractivity contribution < 1.29 is 13.9 Å². The van der Waals surface area contributed by atoms with Crippen LogP contribution in [0.5, 0.6) is 5.75 Å². The van der Waals surface area contributed by atoms with Gasteiger partial charge in [0.15, 0.2) is 6.61 Å². The fraction of sp³-hybridized carbons (Fsp3) is 0.120. The van der Waals surface area contributed by atoms with E-state index in [0.717, 1.165) is 16.5 Å². The molecule has 0 fully saturated rings. The summed E-state index contributed by atoms with van der Waals surface area (Å²) in [6.45, 7) is -0.138. The lowest BCUT2D eigenvalue weighted by molar-refractivity contribution is -0.123. The quantitative estimate of drug-likeness (QED) is 0.471. The number of fused-ring (bicyclic) bond motifs is 1. The number of ether oxygens (including phenoxy) is 1. The number of nitrogens with one attached hydrogen (secondary N) is 1. The Bertz CT molecular complexity index is 1190. The maximum Gasteiger partial charge on any atom is 0.336 e. The van der Waals surface area contributed by atoms with Crippen LogP contribution in [0.1, 0.15) is 17.2 Å². The highest BCUT2D eigenvalue weighted by Crippen LogP contribution is 2.20. The number of amides is 1. The van der Waals surface area contributed by atoms with Gasteiger partial charge in [-0.25, -0.2) is 4.79 Å². The van der Waals surface area contributed by atoms with Gasteiger partial charge in [-0.3, -0.25) is 4.79 Å². The minimum Gasteiger partial charge on any atom is -0.484 e. The zero-order valence-corrected chi connectivity index (χ0v) is 16.3. The Balaban J connectivity index is 1.44. The molecule has 0 aliphatic carbocycles. The average Bonchev–Trinajstić information content (AvgIpc) is 2.78. The highest BCUT2D eigenvalue weighted by molar-refractivity contribution is 5.79. The van der Waals surface area contributed by atoms with Gasteiger partial charge in [-0.1, -0.05) is 60.7 Å². The summed E-state index contributed by atoms with van der Waals surface area (Å²) in [4.78, 5) is 24.0. The Kier molecular flexibility index (Phi) is 5.90. The maximum absolute atomic E-state index is 12.6. The summed E-state index contributed by atoms with van der Waals surface area (Å²) in [7, 11) is 0. The van der Waals surface area contributed by atoms with E-state index in [2.05, 4.69) is 5.32 Å². The van der Waals surface area contributed by atoms with E-state index in [1.165, 1.54) is 6.07 Å². The minimum absolute atomic E-state index is 0.138. The summed E-state index contributed by atoms with van der Waals surface area (Å²) in [5.74, 6) is 0.237. The molecule has 1 aromatic heterocycles. The average molecular weight is 399 g/mol. The summed E-state index contributed by atoms with van der Waals surface area (Å²) < 4.78 is 10.8. The van der Waals surface area contributed by atoms with E-state index in [4.69, 9.17) is 9.15 Å². The van der Waals surface area contributed by atoms with Gasteiger partial charge in [-0.15, -0.1) is 0 Å². The number of hydrogen-bond donors (Lipinski definition) is 1. The third-order valence-corrected chi connectivity index (χ3v) is 4.78. The number of hydrogen-bond acceptors (Lipinski definition) is 4. The van der Waals surface area contributed by atoms with Gasteiger partial charge in [-0.05, 0) is 35.7 Å². The summed E-state index contributed by atoms with van der Waals surface area (Å²) in [6, 6.07) is 27.9. The fourth-order valence-electron chi connectivity index (χ4n) is 3.30. The van der Waals surface area contributed by atoms with Crippen molar-refractivity contribution in [2.45, 2.75) is 12.5 Å². The summed E-state index contributed by atoms with van der Waals surface area (Å²) in [5.41, 5.74) is 2.16. The molecule has 0 spiro atoms. The Morgan fingerprint density at radius 1 is 0.900 bits per heavy atom. The molecule has 1 atom stereocenters. The van der Waals surface area contributed by atoms with Gasteiger partial charge in [0.1, 0.15) is 11.3 Å². The molecule has 5 heteroatoms. The van der Waals surface area contributed by atoms with E-state index >= 15 is 0 Å². The van der Waals surface area contributed by atoms with Crippen LogP contribution >= 0.6 is 0 Å². The SMILES string of the molecule is O=C(COc1ccc2ccc(=O)oc2c1)NC(Cc1ccccc1)c1ccccc1. The smallest absolute Gasteiger partial charge is 0.336 e. The zero-order valence-electron chi connectivity index (χ0n) is 16.3. The first kappa shape index (κ1) is 19.5.